The quantitative estimate of drug-likeness (QED) is 0.577. The monoisotopic (exact) mass is 152 g/mol. The summed E-state index contributed by atoms with van der Waals surface area (Å²) in [6, 6.07) is 0.712. The maximum absolute atomic E-state index is 5.62. The molecule has 2 rings (SSSR count). The summed E-state index contributed by atoms with van der Waals surface area (Å²) in [7, 11) is 0. The Balaban J connectivity index is 2.28. The number of nitrogens with one attached hydrogen (secondary N) is 1. The van der Waals surface area contributed by atoms with E-state index in [1.807, 2.05) is 6.20 Å². The zero-order valence-corrected chi connectivity index (χ0v) is 6.80. The van der Waals surface area contributed by atoms with Crippen molar-refractivity contribution in [2.45, 2.75) is 32.2 Å². The highest BCUT2D eigenvalue weighted by Gasteiger charge is 2.26. The van der Waals surface area contributed by atoms with Crippen molar-refractivity contribution >= 4 is 5.82 Å². The van der Waals surface area contributed by atoms with Crippen LogP contribution in [-0.2, 0) is 0 Å². The molecule has 3 N–H and O–H groups in total. The first-order valence-corrected chi connectivity index (χ1v) is 4.13. The molecule has 11 heavy (non-hydrogen) atoms. The first kappa shape index (κ1) is 6.70. The molecule has 1 aliphatic rings. The van der Waals surface area contributed by atoms with Gasteiger partial charge in [0.15, 0.2) is 6.20 Å². The molecule has 3 nitrogen and oxygen atoms in total. The molecule has 1 aliphatic carbocycles. The lowest BCUT2D eigenvalue weighted by molar-refractivity contribution is -0.736. The van der Waals surface area contributed by atoms with E-state index in [0.29, 0.717) is 6.04 Å². The lowest BCUT2D eigenvalue weighted by atomic mass is 9.93. The van der Waals surface area contributed by atoms with Crippen molar-refractivity contribution in [2.24, 2.45) is 0 Å². The number of hydrogen-bond acceptors (Lipinski definition) is 1. The average molecular weight is 152 g/mol. The maximum atomic E-state index is 5.62. The van der Waals surface area contributed by atoms with Gasteiger partial charge in [-0.25, -0.2) is 9.55 Å². The van der Waals surface area contributed by atoms with Crippen LogP contribution in [0.25, 0.3) is 0 Å². The number of nitrogens with zero attached hydrogens (tertiary/aromatic N) is 1. The van der Waals surface area contributed by atoms with Crippen molar-refractivity contribution in [3.8, 4) is 0 Å². The second kappa shape index (κ2) is 2.26. The van der Waals surface area contributed by atoms with Gasteiger partial charge in [-0.15, -0.1) is 0 Å². The zero-order chi connectivity index (χ0) is 7.84. The molecule has 0 atom stereocenters. The molecule has 3 heteroatoms. The van der Waals surface area contributed by atoms with Gasteiger partial charge in [0.1, 0.15) is 6.04 Å². The third-order valence-corrected chi connectivity index (χ3v) is 2.46. The summed E-state index contributed by atoms with van der Waals surface area (Å²) in [6.07, 6.45) is 5.98. The number of H-pyrrole nitrogens is 1. The third kappa shape index (κ3) is 1.00. The van der Waals surface area contributed by atoms with Gasteiger partial charge >= 0.3 is 0 Å². The number of aromatic amines is 1. The van der Waals surface area contributed by atoms with E-state index in [9.17, 15) is 0 Å². The topological polar surface area (TPSA) is 45.7 Å². The van der Waals surface area contributed by atoms with Crippen LogP contribution in [-0.4, -0.2) is 4.98 Å². The number of aryl methyl sites for hydroxylation is 1. The fraction of sp³-hybridized carbons (Fsp3) is 0.625. The summed E-state index contributed by atoms with van der Waals surface area (Å²) in [5, 5.41) is 0. The Bertz CT molecular complexity index is 260. The van der Waals surface area contributed by atoms with Crippen molar-refractivity contribution in [1.82, 2.24) is 4.98 Å². The molecule has 0 unspecified atom stereocenters. The summed E-state index contributed by atoms with van der Waals surface area (Å²) < 4.78 is 2.25. The van der Waals surface area contributed by atoms with Crippen molar-refractivity contribution in [2.75, 3.05) is 5.73 Å². The van der Waals surface area contributed by atoms with Gasteiger partial charge in [-0.3, -0.25) is 0 Å². The molecule has 0 radical (unpaired) electrons. The second-order valence-corrected chi connectivity index (χ2v) is 3.29. The summed E-state index contributed by atoms with van der Waals surface area (Å²) in [5.41, 5.74) is 5.62. The molecule has 0 aliphatic heterocycles. The highest BCUT2D eigenvalue weighted by molar-refractivity contribution is 5.20. The van der Waals surface area contributed by atoms with E-state index >= 15 is 0 Å². The molecule has 1 fully saturated rings. The number of nitrogens with two attached hydrogens (primary N) is 1. The minimum absolute atomic E-state index is 0.712. The molecule has 0 amide bonds. The van der Waals surface area contributed by atoms with Gasteiger partial charge in [0.2, 0.25) is 5.82 Å². The number of aromatic nitrogens is 2. The smallest absolute Gasteiger partial charge is 0.252 e. The van der Waals surface area contributed by atoms with Crippen molar-refractivity contribution in [3.05, 3.63) is 12.0 Å². The maximum Gasteiger partial charge on any atom is 0.252 e. The number of rotatable bonds is 1. The molecular weight excluding hydrogens is 138 g/mol. The van der Waals surface area contributed by atoms with Crippen LogP contribution in [0.1, 0.15) is 31.1 Å². The largest absolute Gasteiger partial charge is 0.363 e. The Morgan fingerprint density at radius 3 is 2.73 bits per heavy atom. The van der Waals surface area contributed by atoms with E-state index in [0.717, 1.165) is 5.82 Å². The lowest BCUT2D eigenvalue weighted by Gasteiger charge is -2.22. The zero-order valence-electron chi connectivity index (χ0n) is 6.80. The number of nitrogen functional groups attached to an aromatic ring is 1. The van der Waals surface area contributed by atoms with Gasteiger partial charge in [-0.1, -0.05) is 0 Å². The van der Waals surface area contributed by atoms with Crippen molar-refractivity contribution in [3.63, 3.8) is 0 Å². The predicted molar refractivity (Wildman–Crippen MR) is 43.0 cm³/mol. The van der Waals surface area contributed by atoms with E-state index in [2.05, 4.69) is 16.5 Å². The van der Waals surface area contributed by atoms with Crippen LogP contribution in [0.15, 0.2) is 6.20 Å². The standard InChI is InChI=1S/C8H13N3/c1-6-10-8(9)5-11(6)7-3-2-4-7/h5,7H,2-4,9H2,1H3/p+1. The van der Waals surface area contributed by atoms with Crippen LogP contribution >= 0.6 is 0 Å². The van der Waals surface area contributed by atoms with Crippen LogP contribution < -0.4 is 10.3 Å². The Hall–Kier alpha value is -0.990. The fourth-order valence-electron chi connectivity index (χ4n) is 1.60. The van der Waals surface area contributed by atoms with Crippen LogP contribution in [0.2, 0.25) is 0 Å². The highest BCUT2D eigenvalue weighted by atomic mass is 15.1. The molecule has 1 heterocycles. The minimum atomic E-state index is 0.712. The van der Waals surface area contributed by atoms with E-state index < -0.39 is 0 Å². The Morgan fingerprint density at radius 1 is 1.64 bits per heavy atom. The molecule has 0 bridgehead atoms. The van der Waals surface area contributed by atoms with Gasteiger partial charge < -0.3 is 5.73 Å². The van der Waals surface area contributed by atoms with Crippen LogP contribution in [0, 0.1) is 6.92 Å². The highest BCUT2D eigenvalue weighted by Crippen LogP contribution is 2.26. The number of anilines is 1. The Kier molecular flexibility index (Phi) is 1.37. The number of hydrogen-bond donors (Lipinski definition) is 2. The predicted octanol–water partition coefficient (Wildman–Crippen LogP) is 0.918. The molecule has 1 aromatic heterocycles. The SMILES string of the molecule is Cc1[nH]c(N)c[n+]1C1CCC1. The second-order valence-electron chi connectivity index (χ2n) is 3.29. The van der Waals surface area contributed by atoms with Crippen molar-refractivity contribution < 1.29 is 4.57 Å². The van der Waals surface area contributed by atoms with Gasteiger partial charge in [0.25, 0.3) is 5.82 Å². The molecule has 0 saturated heterocycles. The van der Waals surface area contributed by atoms with Gasteiger partial charge in [0, 0.05) is 6.92 Å². The molecule has 60 valence electrons. The lowest BCUT2D eigenvalue weighted by Crippen LogP contribution is -2.43. The summed E-state index contributed by atoms with van der Waals surface area (Å²) in [5.74, 6) is 1.95. The fourth-order valence-corrected chi connectivity index (χ4v) is 1.60. The summed E-state index contributed by atoms with van der Waals surface area (Å²) in [4.78, 5) is 3.10. The number of imidazole rings is 1. The van der Waals surface area contributed by atoms with Crippen LogP contribution in [0.3, 0.4) is 0 Å². The molecule has 1 aromatic rings. The van der Waals surface area contributed by atoms with Gasteiger partial charge in [0.05, 0.1) is 0 Å². The van der Waals surface area contributed by atoms with Crippen LogP contribution in [0.5, 0.6) is 0 Å². The molecule has 1 saturated carbocycles. The molecule has 0 spiro atoms. The Labute approximate surface area is 66.2 Å². The van der Waals surface area contributed by atoms with Gasteiger partial charge in [-0.05, 0) is 19.3 Å². The minimum Gasteiger partial charge on any atom is -0.363 e. The summed E-state index contributed by atoms with van der Waals surface area (Å²) in [6.45, 7) is 2.06. The molecular formula is C8H14N3+. The third-order valence-electron chi connectivity index (χ3n) is 2.46. The molecule has 0 aromatic carbocycles. The van der Waals surface area contributed by atoms with E-state index in [4.69, 9.17) is 5.73 Å². The van der Waals surface area contributed by atoms with E-state index in [1.165, 1.54) is 25.1 Å². The average Bonchev–Trinajstić information content (AvgIpc) is 2.07. The van der Waals surface area contributed by atoms with Gasteiger partial charge in [-0.2, -0.15) is 0 Å². The van der Waals surface area contributed by atoms with E-state index in [-0.39, 0.29) is 0 Å². The Morgan fingerprint density at radius 2 is 2.36 bits per heavy atom. The first-order valence-electron chi connectivity index (χ1n) is 4.13. The first-order chi connectivity index (χ1) is 5.27. The van der Waals surface area contributed by atoms with Crippen molar-refractivity contribution in [1.29, 1.82) is 0 Å². The summed E-state index contributed by atoms with van der Waals surface area (Å²) >= 11 is 0. The van der Waals surface area contributed by atoms with Crippen LogP contribution in [0.4, 0.5) is 5.82 Å². The normalized spacial score (nSPS) is 18.3. The van der Waals surface area contributed by atoms with E-state index in [1.54, 1.807) is 0 Å².